The Balaban J connectivity index is 1.58. The standard InChI is InChI=1S/C36H45F2N7O7/c37-27-16-23(17-28(38)20-27)18-30-36(51)42-21-25-5-2-1-4-24(25)19-32(47)43-29(35(50)41-12-15-52-14-10-39)9-11-40-31(46)7-8-33(48)45-13-3-6-26(22-45)34(49)44-30/h1-2,4-5,7-8,16-17,20,26,29-30H,3,6,9-15,18-19,21-22,39H2,(H,40,46)(H,41,50)(H,42,51)(H,43,47)(H,44,49)/b8-7+/t26-,29+,30+/m1/s1. The fourth-order valence-electron chi connectivity index (χ4n) is 5.96. The summed E-state index contributed by atoms with van der Waals surface area (Å²) in [6, 6.07) is 7.42. The number of piperidine rings is 1. The highest BCUT2D eigenvalue weighted by Gasteiger charge is 2.31. The maximum atomic E-state index is 14.1. The second kappa shape index (κ2) is 20.0. The van der Waals surface area contributed by atoms with E-state index >= 15 is 0 Å². The Morgan fingerprint density at radius 3 is 2.42 bits per heavy atom. The Morgan fingerprint density at radius 1 is 0.923 bits per heavy atom. The molecule has 3 atom stereocenters. The molecule has 14 nitrogen and oxygen atoms in total. The lowest BCUT2D eigenvalue weighted by Gasteiger charge is -2.32. The molecule has 1 saturated heterocycles. The molecule has 0 radical (unpaired) electrons. The number of halogens is 2. The van der Waals surface area contributed by atoms with Crippen molar-refractivity contribution >= 4 is 35.4 Å². The van der Waals surface area contributed by atoms with E-state index in [1.165, 1.54) is 4.90 Å². The Labute approximate surface area is 300 Å². The van der Waals surface area contributed by atoms with Crippen LogP contribution in [0.15, 0.2) is 54.6 Å². The molecule has 0 unspecified atom stereocenters. The zero-order valence-electron chi connectivity index (χ0n) is 28.8. The number of ether oxygens (including phenoxy) is 1. The molecule has 2 aromatic carbocycles. The fraction of sp³-hybridized carbons (Fsp3) is 0.444. The summed E-state index contributed by atoms with van der Waals surface area (Å²) in [7, 11) is 0. The van der Waals surface area contributed by atoms with Gasteiger partial charge in [0, 0.05) is 63.9 Å². The van der Waals surface area contributed by atoms with Gasteiger partial charge in [-0.3, -0.25) is 28.8 Å². The predicted octanol–water partition coefficient (Wildman–Crippen LogP) is -0.258. The van der Waals surface area contributed by atoms with Crippen LogP contribution < -0.4 is 32.3 Å². The van der Waals surface area contributed by atoms with Crippen LogP contribution in [0.4, 0.5) is 8.78 Å². The minimum Gasteiger partial charge on any atom is -0.378 e. The number of carbonyl (C=O) groups excluding carboxylic acids is 6. The van der Waals surface area contributed by atoms with Crippen molar-refractivity contribution in [2.75, 3.05) is 45.9 Å². The molecular weight excluding hydrogens is 680 g/mol. The van der Waals surface area contributed by atoms with Gasteiger partial charge in [0.25, 0.3) is 0 Å². The van der Waals surface area contributed by atoms with Crippen LogP contribution in [-0.2, 0) is 52.9 Å². The lowest BCUT2D eigenvalue weighted by molar-refractivity contribution is -0.135. The number of nitrogens with one attached hydrogen (secondary N) is 5. The average molecular weight is 726 g/mol. The topological polar surface area (TPSA) is 201 Å². The zero-order valence-corrected chi connectivity index (χ0v) is 28.8. The first kappa shape index (κ1) is 39.6. The number of fused-ring (bicyclic) bond motifs is 3. The van der Waals surface area contributed by atoms with Crippen LogP contribution in [0.3, 0.4) is 0 Å². The minimum absolute atomic E-state index is 0.00257. The van der Waals surface area contributed by atoms with Crippen molar-refractivity contribution < 1.29 is 42.3 Å². The van der Waals surface area contributed by atoms with Crippen LogP contribution in [0.2, 0.25) is 0 Å². The number of rotatable bonds is 8. The maximum absolute atomic E-state index is 14.1. The van der Waals surface area contributed by atoms with Crippen molar-refractivity contribution in [1.29, 1.82) is 0 Å². The van der Waals surface area contributed by atoms with E-state index in [4.69, 9.17) is 10.5 Å². The molecule has 4 rings (SSSR count). The summed E-state index contributed by atoms with van der Waals surface area (Å²) in [4.78, 5) is 80.4. The van der Waals surface area contributed by atoms with Crippen LogP contribution in [0, 0.1) is 17.6 Å². The minimum atomic E-state index is -1.24. The quantitative estimate of drug-likeness (QED) is 0.200. The Bertz CT molecular complexity index is 1620. The summed E-state index contributed by atoms with van der Waals surface area (Å²) in [6.07, 6.45) is 2.69. The molecule has 0 saturated carbocycles. The molecule has 2 bridgehead atoms. The van der Waals surface area contributed by atoms with Crippen molar-refractivity contribution in [1.82, 2.24) is 31.5 Å². The van der Waals surface area contributed by atoms with Gasteiger partial charge in [0.2, 0.25) is 35.4 Å². The highest BCUT2D eigenvalue weighted by Crippen LogP contribution is 2.19. The Kier molecular flexibility index (Phi) is 15.2. The first-order valence-electron chi connectivity index (χ1n) is 17.2. The highest BCUT2D eigenvalue weighted by molar-refractivity contribution is 5.97. The lowest BCUT2D eigenvalue weighted by Crippen LogP contribution is -2.52. The molecule has 0 spiro atoms. The summed E-state index contributed by atoms with van der Waals surface area (Å²) in [5, 5.41) is 13.5. The summed E-state index contributed by atoms with van der Waals surface area (Å²) in [6.45, 7) is 1.33. The molecule has 0 aromatic heterocycles. The number of carbonyl (C=O) groups is 6. The van der Waals surface area contributed by atoms with Crippen LogP contribution in [0.5, 0.6) is 0 Å². The molecule has 280 valence electrons. The Hall–Kier alpha value is -5.22. The van der Waals surface area contributed by atoms with E-state index in [-0.39, 0.29) is 57.6 Å². The average Bonchev–Trinajstić information content (AvgIpc) is 3.11. The van der Waals surface area contributed by atoms with Crippen LogP contribution in [0.25, 0.3) is 0 Å². The monoisotopic (exact) mass is 725 g/mol. The van der Waals surface area contributed by atoms with E-state index in [0.717, 1.165) is 24.3 Å². The molecule has 2 aliphatic rings. The van der Waals surface area contributed by atoms with E-state index < -0.39 is 65.1 Å². The van der Waals surface area contributed by atoms with Crippen molar-refractivity contribution in [3.63, 3.8) is 0 Å². The largest absolute Gasteiger partial charge is 0.378 e. The second-order valence-electron chi connectivity index (χ2n) is 12.6. The van der Waals surface area contributed by atoms with E-state index in [9.17, 15) is 37.5 Å². The van der Waals surface area contributed by atoms with Gasteiger partial charge in [-0.1, -0.05) is 24.3 Å². The predicted molar refractivity (Wildman–Crippen MR) is 185 cm³/mol. The third-order valence-corrected chi connectivity index (χ3v) is 8.59. The SMILES string of the molecule is NCCOCCNC(=O)[C@@H]1CCNC(=O)/C=C/C(=O)N2CCC[C@H](C2)C(=O)N[C@@H](Cc2cc(F)cc(F)c2)C(=O)NCc2ccccc2CC(=O)N1. The number of hydrogen-bond donors (Lipinski definition) is 6. The van der Waals surface area contributed by atoms with Crippen LogP contribution in [0.1, 0.15) is 36.0 Å². The molecule has 0 aliphatic carbocycles. The second-order valence-corrected chi connectivity index (χ2v) is 12.6. The molecule has 52 heavy (non-hydrogen) atoms. The number of nitrogens with two attached hydrogens (primary N) is 1. The van der Waals surface area contributed by atoms with Gasteiger partial charge in [0.1, 0.15) is 23.7 Å². The Morgan fingerprint density at radius 2 is 1.67 bits per heavy atom. The van der Waals surface area contributed by atoms with Crippen molar-refractivity contribution in [2.45, 2.75) is 50.7 Å². The molecule has 16 heteroatoms. The zero-order chi connectivity index (χ0) is 37.5. The van der Waals surface area contributed by atoms with Gasteiger partial charge in [-0.15, -0.1) is 0 Å². The maximum Gasteiger partial charge on any atom is 0.246 e. The molecule has 2 aromatic rings. The molecule has 1 fully saturated rings. The van der Waals surface area contributed by atoms with Gasteiger partial charge in [-0.2, -0.15) is 0 Å². The van der Waals surface area contributed by atoms with Crippen molar-refractivity contribution in [3.05, 3.63) is 82.9 Å². The van der Waals surface area contributed by atoms with Gasteiger partial charge in [0.05, 0.1) is 25.6 Å². The summed E-state index contributed by atoms with van der Waals surface area (Å²) >= 11 is 0. The molecule has 2 heterocycles. The summed E-state index contributed by atoms with van der Waals surface area (Å²) in [5.41, 5.74) is 6.69. The number of nitrogens with zero attached hydrogens (tertiary/aromatic N) is 1. The van der Waals surface area contributed by atoms with Gasteiger partial charge < -0.3 is 42.0 Å². The van der Waals surface area contributed by atoms with E-state index in [1.54, 1.807) is 24.3 Å². The lowest BCUT2D eigenvalue weighted by atomic mass is 9.95. The van der Waals surface area contributed by atoms with E-state index in [0.29, 0.717) is 49.7 Å². The highest BCUT2D eigenvalue weighted by atomic mass is 19.1. The van der Waals surface area contributed by atoms with Crippen LogP contribution in [-0.4, -0.2) is 98.4 Å². The summed E-state index contributed by atoms with van der Waals surface area (Å²) in [5.74, 6) is -5.62. The first-order chi connectivity index (χ1) is 25.0. The fourth-order valence-corrected chi connectivity index (χ4v) is 5.96. The van der Waals surface area contributed by atoms with Gasteiger partial charge in [0.15, 0.2) is 0 Å². The normalized spacial score (nSPS) is 21.6. The molecule has 7 N–H and O–H groups in total. The third kappa shape index (κ3) is 12.5. The van der Waals surface area contributed by atoms with Gasteiger partial charge >= 0.3 is 0 Å². The number of benzene rings is 2. The van der Waals surface area contributed by atoms with E-state index in [1.807, 2.05) is 0 Å². The van der Waals surface area contributed by atoms with E-state index in [2.05, 4.69) is 26.6 Å². The molecular formula is C36H45F2N7O7. The number of amides is 6. The molecule has 2 aliphatic heterocycles. The molecule has 6 amide bonds. The third-order valence-electron chi connectivity index (χ3n) is 8.59. The van der Waals surface area contributed by atoms with Crippen LogP contribution >= 0.6 is 0 Å². The van der Waals surface area contributed by atoms with Crippen molar-refractivity contribution in [2.24, 2.45) is 11.7 Å². The smallest absolute Gasteiger partial charge is 0.246 e. The van der Waals surface area contributed by atoms with Crippen molar-refractivity contribution in [3.8, 4) is 0 Å². The van der Waals surface area contributed by atoms with Gasteiger partial charge in [-0.05, 0) is 48.1 Å². The summed E-state index contributed by atoms with van der Waals surface area (Å²) < 4.78 is 33.4. The van der Waals surface area contributed by atoms with Gasteiger partial charge in [-0.25, -0.2) is 8.78 Å². The number of hydrogen-bond acceptors (Lipinski definition) is 8. The first-order valence-corrected chi connectivity index (χ1v) is 17.2.